The normalized spacial score (nSPS) is 14.2. The fourth-order valence-corrected chi connectivity index (χ4v) is 5.60. The molecule has 1 fully saturated rings. The predicted octanol–water partition coefficient (Wildman–Crippen LogP) is 7.12. The standard InChI is InChI=1S/C35H36ClN3O3/c1-25-20-28(24-37-38-35(41)30-12-13-33(40)32(36)23-30)22-31(29-10-6-3-7-11-29)34(25)42-19-18-39-16-14-27(15-17-39)21-26-8-4-2-5-9-26/h2-13,20,22-24,27,40H,14-19,21H2,1H3,(H,38,41)/b37-24-. The van der Waals surface area contributed by atoms with E-state index in [9.17, 15) is 9.90 Å². The van der Waals surface area contributed by atoms with Crippen LogP contribution in [0.1, 0.15) is 39.9 Å². The van der Waals surface area contributed by atoms with E-state index in [1.165, 1.54) is 36.6 Å². The number of aryl methyl sites for hydroxylation is 1. The Balaban J connectivity index is 1.21. The van der Waals surface area contributed by atoms with Crippen LogP contribution < -0.4 is 10.2 Å². The summed E-state index contributed by atoms with van der Waals surface area (Å²) >= 11 is 5.93. The summed E-state index contributed by atoms with van der Waals surface area (Å²) in [5, 5.41) is 13.9. The molecule has 7 heteroatoms. The lowest BCUT2D eigenvalue weighted by atomic mass is 9.90. The summed E-state index contributed by atoms with van der Waals surface area (Å²) in [6.45, 7) is 5.74. The molecule has 0 aromatic heterocycles. The zero-order chi connectivity index (χ0) is 29.3. The van der Waals surface area contributed by atoms with E-state index in [-0.39, 0.29) is 10.8 Å². The zero-order valence-electron chi connectivity index (χ0n) is 23.8. The Bertz CT molecular complexity index is 1520. The molecule has 0 aliphatic carbocycles. The smallest absolute Gasteiger partial charge is 0.271 e. The van der Waals surface area contributed by atoms with Crippen LogP contribution in [0.25, 0.3) is 11.1 Å². The number of phenolic OH excluding ortho intramolecular Hbond substituents is 1. The molecule has 0 radical (unpaired) electrons. The van der Waals surface area contributed by atoms with Crippen molar-refractivity contribution < 1.29 is 14.6 Å². The minimum absolute atomic E-state index is 0.0775. The number of nitrogens with one attached hydrogen (secondary N) is 1. The molecule has 4 aromatic rings. The number of rotatable bonds is 10. The molecule has 1 amide bonds. The predicted molar refractivity (Wildman–Crippen MR) is 170 cm³/mol. The molecule has 0 atom stereocenters. The number of benzene rings is 4. The third kappa shape index (κ3) is 7.78. The molecule has 0 unspecified atom stereocenters. The Labute approximate surface area is 252 Å². The second-order valence-corrected chi connectivity index (χ2v) is 11.2. The first-order chi connectivity index (χ1) is 20.5. The van der Waals surface area contributed by atoms with Gasteiger partial charge in [-0.05, 0) is 97.8 Å². The molecule has 0 saturated carbocycles. The minimum atomic E-state index is -0.419. The van der Waals surface area contributed by atoms with Gasteiger partial charge in [-0.3, -0.25) is 9.69 Å². The summed E-state index contributed by atoms with van der Waals surface area (Å²) in [6, 6.07) is 29.2. The van der Waals surface area contributed by atoms with Crippen molar-refractivity contribution in [2.75, 3.05) is 26.2 Å². The third-order valence-corrected chi connectivity index (χ3v) is 8.00. The van der Waals surface area contributed by atoms with Crippen LogP contribution >= 0.6 is 11.6 Å². The number of carbonyl (C=O) groups excluding carboxylic acids is 1. The van der Waals surface area contributed by atoms with Crippen LogP contribution in [0.3, 0.4) is 0 Å². The third-order valence-electron chi connectivity index (χ3n) is 7.70. The van der Waals surface area contributed by atoms with Crippen molar-refractivity contribution in [3.05, 3.63) is 118 Å². The fraction of sp³-hybridized carbons (Fsp3) is 0.257. The molecule has 6 nitrogen and oxygen atoms in total. The van der Waals surface area contributed by atoms with Gasteiger partial charge in [0, 0.05) is 17.7 Å². The topological polar surface area (TPSA) is 74.2 Å². The molecule has 216 valence electrons. The van der Waals surface area contributed by atoms with E-state index >= 15 is 0 Å². The van der Waals surface area contributed by atoms with Crippen molar-refractivity contribution in [1.82, 2.24) is 10.3 Å². The van der Waals surface area contributed by atoms with Gasteiger partial charge in [0.1, 0.15) is 18.1 Å². The first-order valence-electron chi connectivity index (χ1n) is 14.4. The van der Waals surface area contributed by atoms with Crippen LogP contribution in [0.5, 0.6) is 11.5 Å². The number of hydrogen-bond acceptors (Lipinski definition) is 5. The number of halogens is 1. The van der Waals surface area contributed by atoms with Crippen molar-refractivity contribution in [2.45, 2.75) is 26.2 Å². The monoisotopic (exact) mass is 581 g/mol. The van der Waals surface area contributed by atoms with Gasteiger partial charge in [0.15, 0.2) is 0 Å². The molecule has 1 aliphatic rings. The van der Waals surface area contributed by atoms with E-state index in [1.54, 1.807) is 6.21 Å². The van der Waals surface area contributed by atoms with Gasteiger partial charge in [-0.1, -0.05) is 72.3 Å². The van der Waals surface area contributed by atoms with E-state index in [2.05, 4.69) is 57.9 Å². The van der Waals surface area contributed by atoms with Crippen LogP contribution in [0.15, 0.2) is 96.1 Å². The first-order valence-corrected chi connectivity index (χ1v) is 14.7. The van der Waals surface area contributed by atoms with Crippen LogP contribution in [-0.2, 0) is 6.42 Å². The van der Waals surface area contributed by atoms with Gasteiger partial charge in [-0.2, -0.15) is 5.10 Å². The highest BCUT2D eigenvalue weighted by Crippen LogP contribution is 2.34. The SMILES string of the molecule is Cc1cc(/C=N\NC(=O)c2ccc(O)c(Cl)c2)cc(-c2ccccc2)c1OCCN1CCC(Cc2ccccc2)CC1. The van der Waals surface area contributed by atoms with Crippen LogP contribution in [0.4, 0.5) is 0 Å². The van der Waals surface area contributed by atoms with Gasteiger partial charge < -0.3 is 9.84 Å². The number of piperidine rings is 1. The maximum Gasteiger partial charge on any atom is 0.271 e. The molecule has 5 rings (SSSR count). The summed E-state index contributed by atoms with van der Waals surface area (Å²) in [5.41, 5.74) is 8.13. The minimum Gasteiger partial charge on any atom is -0.506 e. The molecular weight excluding hydrogens is 546 g/mol. The van der Waals surface area contributed by atoms with E-state index in [4.69, 9.17) is 16.3 Å². The average Bonchev–Trinajstić information content (AvgIpc) is 3.01. The number of hydrogen-bond donors (Lipinski definition) is 2. The molecular formula is C35H36ClN3O3. The van der Waals surface area contributed by atoms with Crippen molar-refractivity contribution in [1.29, 1.82) is 0 Å². The van der Waals surface area contributed by atoms with Crippen molar-refractivity contribution in [3.63, 3.8) is 0 Å². The summed E-state index contributed by atoms with van der Waals surface area (Å²) in [4.78, 5) is 15.0. The molecule has 42 heavy (non-hydrogen) atoms. The maximum absolute atomic E-state index is 12.5. The number of amides is 1. The number of phenols is 1. The number of nitrogens with zero attached hydrogens (tertiary/aromatic N) is 2. The van der Waals surface area contributed by atoms with Crippen molar-refractivity contribution >= 4 is 23.7 Å². The molecule has 1 saturated heterocycles. The Hall–Kier alpha value is -4.13. The van der Waals surface area contributed by atoms with Crippen molar-refractivity contribution in [2.24, 2.45) is 11.0 Å². The molecule has 0 bridgehead atoms. The van der Waals surface area contributed by atoms with Gasteiger partial charge in [-0.25, -0.2) is 5.43 Å². The highest BCUT2D eigenvalue weighted by atomic mass is 35.5. The Morgan fingerprint density at radius 2 is 1.74 bits per heavy atom. The Morgan fingerprint density at radius 1 is 1.02 bits per heavy atom. The van der Waals surface area contributed by atoms with Gasteiger partial charge in [-0.15, -0.1) is 0 Å². The molecule has 0 spiro atoms. The zero-order valence-corrected chi connectivity index (χ0v) is 24.6. The van der Waals surface area contributed by atoms with E-state index in [0.29, 0.717) is 12.2 Å². The summed E-state index contributed by atoms with van der Waals surface area (Å²) in [5.74, 6) is 1.11. The van der Waals surface area contributed by atoms with Crippen LogP contribution in [0.2, 0.25) is 5.02 Å². The molecule has 2 N–H and O–H groups in total. The van der Waals surface area contributed by atoms with Gasteiger partial charge in [0.25, 0.3) is 5.91 Å². The second-order valence-electron chi connectivity index (χ2n) is 10.8. The summed E-state index contributed by atoms with van der Waals surface area (Å²) < 4.78 is 6.44. The summed E-state index contributed by atoms with van der Waals surface area (Å²) in [6.07, 6.45) is 5.21. The molecule has 4 aromatic carbocycles. The number of carbonyl (C=O) groups is 1. The van der Waals surface area contributed by atoms with E-state index < -0.39 is 5.91 Å². The van der Waals surface area contributed by atoms with E-state index in [0.717, 1.165) is 60.0 Å². The maximum atomic E-state index is 12.5. The molecule has 1 aliphatic heterocycles. The lowest BCUT2D eigenvalue weighted by molar-refractivity contribution is 0.0955. The highest BCUT2D eigenvalue weighted by molar-refractivity contribution is 6.32. The van der Waals surface area contributed by atoms with Crippen LogP contribution in [-0.4, -0.2) is 48.4 Å². The number of hydrazone groups is 1. The average molecular weight is 582 g/mol. The number of aromatic hydroxyl groups is 1. The Kier molecular flexibility index (Phi) is 9.90. The number of likely N-dealkylation sites (tertiary alicyclic amines) is 1. The van der Waals surface area contributed by atoms with Crippen molar-refractivity contribution in [3.8, 4) is 22.6 Å². The van der Waals surface area contributed by atoms with Gasteiger partial charge in [0.05, 0.1) is 11.2 Å². The fourth-order valence-electron chi connectivity index (χ4n) is 5.42. The second kappa shape index (κ2) is 14.2. The highest BCUT2D eigenvalue weighted by Gasteiger charge is 2.20. The largest absolute Gasteiger partial charge is 0.506 e. The number of ether oxygens (including phenoxy) is 1. The quantitative estimate of drug-likeness (QED) is 0.154. The van der Waals surface area contributed by atoms with Crippen LogP contribution in [0, 0.1) is 12.8 Å². The first kappa shape index (κ1) is 29.4. The lowest BCUT2D eigenvalue weighted by Crippen LogP contribution is -2.37. The van der Waals surface area contributed by atoms with Gasteiger partial charge >= 0.3 is 0 Å². The van der Waals surface area contributed by atoms with E-state index in [1.807, 2.05) is 37.3 Å². The lowest BCUT2D eigenvalue weighted by Gasteiger charge is -2.32. The summed E-state index contributed by atoms with van der Waals surface area (Å²) in [7, 11) is 0. The Morgan fingerprint density at radius 3 is 2.45 bits per heavy atom. The van der Waals surface area contributed by atoms with Gasteiger partial charge in [0.2, 0.25) is 0 Å². The molecule has 1 heterocycles.